The number of hydrogen-bond acceptors (Lipinski definition) is 3. The number of pyridine rings is 1. The van der Waals surface area contributed by atoms with Crippen LogP contribution in [0.2, 0.25) is 0 Å². The van der Waals surface area contributed by atoms with Gasteiger partial charge in [0.05, 0.1) is 0 Å². The Hall–Kier alpha value is -1.98. The van der Waals surface area contributed by atoms with Crippen molar-refractivity contribution in [3.05, 3.63) is 29.8 Å². The lowest BCUT2D eigenvalue weighted by molar-refractivity contribution is -0.123. The standard InChI is InChI=1S/C12H16FN3O2/c1-8(2)11(17)15-5-6-16-12(18)9-3-4-14-10(13)7-9/h3-4,7-8H,5-6H2,1-2H3,(H,15,17)(H,16,18). The minimum atomic E-state index is -0.698. The maximum Gasteiger partial charge on any atom is 0.251 e. The van der Waals surface area contributed by atoms with Crippen molar-refractivity contribution in [1.82, 2.24) is 15.6 Å². The Bertz CT molecular complexity index is 435. The minimum Gasteiger partial charge on any atom is -0.354 e. The van der Waals surface area contributed by atoms with Crippen LogP contribution in [-0.2, 0) is 4.79 Å². The molecule has 0 saturated carbocycles. The van der Waals surface area contributed by atoms with E-state index < -0.39 is 11.9 Å². The second kappa shape index (κ2) is 6.68. The van der Waals surface area contributed by atoms with E-state index >= 15 is 0 Å². The molecule has 0 aromatic carbocycles. The molecular formula is C12H16FN3O2. The molecule has 0 unspecified atom stereocenters. The first-order valence-corrected chi connectivity index (χ1v) is 5.68. The summed E-state index contributed by atoms with van der Waals surface area (Å²) in [5, 5.41) is 5.23. The summed E-state index contributed by atoms with van der Waals surface area (Å²) in [6.45, 7) is 4.21. The average Bonchev–Trinajstić information content (AvgIpc) is 2.33. The van der Waals surface area contributed by atoms with Crippen LogP contribution < -0.4 is 10.6 Å². The Labute approximate surface area is 105 Å². The molecule has 0 aliphatic carbocycles. The van der Waals surface area contributed by atoms with Crippen LogP contribution in [0.3, 0.4) is 0 Å². The van der Waals surface area contributed by atoms with E-state index in [1.54, 1.807) is 13.8 Å². The third-order valence-corrected chi connectivity index (χ3v) is 2.22. The topological polar surface area (TPSA) is 71.1 Å². The first-order chi connectivity index (χ1) is 8.50. The Kier molecular flexibility index (Phi) is 5.23. The Morgan fingerprint density at radius 2 is 2.00 bits per heavy atom. The van der Waals surface area contributed by atoms with Crippen LogP contribution in [0.4, 0.5) is 4.39 Å². The first kappa shape index (κ1) is 14.1. The molecule has 2 amide bonds. The van der Waals surface area contributed by atoms with E-state index in [0.29, 0.717) is 13.1 Å². The molecule has 0 fully saturated rings. The molecule has 0 aliphatic rings. The fourth-order valence-electron chi connectivity index (χ4n) is 1.21. The summed E-state index contributed by atoms with van der Waals surface area (Å²) in [4.78, 5) is 26.1. The highest BCUT2D eigenvalue weighted by Gasteiger charge is 2.07. The van der Waals surface area contributed by atoms with Gasteiger partial charge in [0.1, 0.15) is 0 Å². The Morgan fingerprint density at radius 3 is 2.61 bits per heavy atom. The largest absolute Gasteiger partial charge is 0.354 e. The van der Waals surface area contributed by atoms with Crippen molar-refractivity contribution in [2.45, 2.75) is 13.8 Å². The Balaban J connectivity index is 2.32. The molecule has 6 heteroatoms. The van der Waals surface area contributed by atoms with Gasteiger partial charge in [-0.2, -0.15) is 4.39 Å². The van der Waals surface area contributed by atoms with Gasteiger partial charge in [0, 0.05) is 36.8 Å². The quantitative estimate of drug-likeness (QED) is 0.600. The summed E-state index contributed by atoms with van der Waals surface area (Å²) in [6, 6.07) is 2.48. The van der Waals surface area contributed by atoms with Crippen LogP contribution in [0.15, 0.2) is 18.3 Å². The van der Waals surface area contributed by atoms with Crippen LogP contribution in [0.1, 0.15) is 24.2 Å². The summed E-state index contributed by atoms with van der Waals surface area (Å²) in [5.74, 6) is -1.25. The third-order valence-electron chi connectivity index (χ3n) is 2.22. The summed E-state index contributed by atoms with van der Waals surface area (Å²) in [6.07, 6.45) is 1.23. The smallest absolute Gasteiger partial charge is 0.251 e. The summed E-state index contributed by atoms with van der Waals surface area (Å²) in [5.41, 5.74) is 0.206. The zero-order valence-corrected chi connectivity index (χ0v) is 10.4. The first-order valence-electron chi connectivity index (χ1n) is 5.68. The number of aromatic nitrogens is 1. The second-order valence-electron chi connectivity index (χ2n) is 4.07. The van der Waals surface area contributed by atoms with Crippen molar-refractivity contribution in [1.29, 1.82) is 0 Å². The highest BCUT2D eigenvalue weighted by atomic mass is 19.1. The summed E-state index contributed by atoms with van der Waals surface area (Å²) >= 11 is 0. The SMILES string of the molecule is CC(C)C(=O)NCCNC(=O)c1ccnc(F)c1. The molecule has 0 spiro atoms. The lowest BCUT2D eigenvalue weighted by Gasteiger charge is -2.08. The van der Waals surface area contributed by atoms with E-state index in [0.717, 1.165) is 6.07 Å². The van der Waals surface area contributed by atoms with E-state index in [4.69, 9.17) is 0 Å². The molecule has 0 aliphatic heterocycles. The van der Waals surface area contributed by atoms with Gasteiger partial charge >= 0.3 is 0 Å². The van der Waals surface area contributed by atoms with Gasteiger partial charge in [-0.05, 0) is 6.07 Å². The summed E-state index contributed by atoms with van der Waals surface area (Å²) < 4.78 is 12.8. The van der Waals surface area contributed by atoms with Gasteiger partial charge in [0.25, 0.3) is 5.91 Å². The molecule has 1 aromatic heterocycles. The molecule has 0 atom stereocenters. The lowest BCUT2D eigenvalue weighted by Crippen LogP contribution is -2.36. The van der Waals surface area contributed by atoms with Gasteiger partial charge in [-0.15, -0.1) is 0 Å². The number of rotatable bonds is 5. The Morgan fingerprint density at radius 1 is 1.33 bits per heavy atom. The van der Waals surface area contributed by atoms with Gasteiger partial charge in [0.15, 0.2) is 0 Å². The molecule has 18 heavy (non-hydrogen) atoms. The van der Waals surface area contributed by atoms with Crippen LogP contribution in [0.25, 0.3) is 0 Å². The summed E-state index contributed by atoms with van der Waals surface area (Å²) in [7, 11) is 0. The molecule has 98 valence electrons. The second-order valence-corrected chi connectivity index (χ2v) is 4.07. The van der Waals surface area contributed by atoms with Gasteiger partial charge in [-0.25, -0.2) is 4.98 Å². The molecule has 2 N–H and O–H groups in total. The van der Waals surface area contributed by atoms with E-state index in [-0.39, 0.29) is 17.4 Å². The molecule has 0 radical (unpaired) electrons. The van der Waals surface area contributed by atoms with Gasteiger partial charge < -0.3 is 10.6 Å². The number of amides is 2. The maximum atomic E-state index is 12.8. The lowest BCUT2D eigenvalue weighted by atomic mass is 10.2. The zero-order valence-electron chi connectivity index (χ0n) is 10.4. The number of nitrogens with one attached hydrogen (secondary N) is 2. The molecule has 0 bridgehead atoms. The molecule has 1 heterocycles. The van der Waals surface area contributed by atoms with E-state index in [9.17, 15) is 14.0 Å². The maximum absolute atomic E-state index is 12.8. The van der Waals surface area contributed by atoms with Crippen LogP contribution in [0.5, 0.6) is 0 Å². The van der Waals surface area contributed by atoms with Gasteiger partial charge in [0.2, 0.25) is 11.9 Å². The number of hydrogen-bond donors (Lipinski definition) is 2. The van der Waals surface area contributed by atoms with E-state index in [1.807, 2.05) is 0 Å². The van der Waals surface area contributed by atoms with Gasteiger partial charge in [-0.1, -0.05) is 13.8 Å². The van der Waals surface area contributed by atoms with Gasteiger partial charge in [-0.3, -0.25) is 9.59 Å². The highest BCUT2D eigenvalue weighted by molar-refractivity contribution is 5.94. The van der Waals surface area contributed by atoms with Crippen molar-refractivity contribution in [3.63, 3.8) is 0 Å². The number of carbonyl (C=O) groups is 2. The van der Waals surface area contributed by atoms with Crippen molar-refractivity contribution >= 4 is 11.8 Å². The fraction of sp³-hybridized carbons (Fsp3) is 0.417. The van der Waals surface area contributed by atoms with Crippen molar-refractivity contribution < 1.29 is 14.0 Å². The van der Waals surface area contributed by atoms with Crippen LogP contribution in [0, 0.1) is 11.9 Å². The number of halogens is 1. The van der Waals surface area contributed by atoms with E-state index in [1.165, 1.54) is 12.3 Å². The average molecular weight is 253 g/mol. The number of carbonyl (C=O) groups excluding carboxylic acids is 2. The minimum absolute atomic E-state index is 0.0702. The molecule has 5 nitrogen and oxygen atoms in total. The van der Waals surface area contributed by atoms with Crippen molar-refractivity contribution in [2.75, 3.05) is 13.1 Å². The van der Waals surface area contributed by atoms with Crippen molar-refractivity contribution in [2.24, 2.45) is 5.92 Å². The predicted octanol–water partition coefficient (Wildman–Crippen LogP) is 0.723. The van der Waals surface area contributed by atoms with Crippen LogP contribution >= 0.6 is 0 Å². The normalized spacial score (nSPS) is 10.2. The predicted molar refractivity (Wildman–Crippen MR) is 64.4 cm³/mol. The monoisotopic (exact) mass is 253 g/mol. The third kappa shape index (κ3) is 4.48. The fourth-order valence-corrected chi connectivity index (χ4v) is 1.21. The molecule has 1 aromatic rings. The van der Waals surface area contributed by atoms with E-state index in [2.05, 4.69) is 15.6 Å². The zero-order chi connectivity index (χ0) is 13.5. The molecule has 1 rings (SSSR count). The number of nitrogens with zero attached hydrogens (tertiary/aromatic N) is 1. The molecule has 0 saturated heterocycles. The van der Waals surface area contributed by atoms with Crippen LogP contribution in [-0.4, -0.2) is 29.9 Å². The molecular weight excluding hydrogens is 237 g/mol. The highest BCUT2D eigenvalue weighted by Crippen LogP contribution is 1.99. The van der Waals surface area contributed by atoms with Crippen molar-refractivity contribution in [3.8, 4) is 0 Å².